The first-order valence-corrected chi connectivity index (χ1v) is 9.33. The van der Waals surface area contributed by atoms with Gasteiger partial charge in [0.05, 0.1) is 25.6 Å². The molecule has 11 heteroatoms. The van der Waals surface area contributed by atoms with E-state index in [1.54, 1.807) is 0 Å². The van der Waals surface area contributed by atoms with Crippen molar-refractivity contribution in [2.45, 2.75) is 19.4 Å². The molecule has 1 aliphatic rings. The zero-order chi connectivity index (χ0) is 17.5. The van der Waals surface area contributed by atoms with Crippen molar-refractivity contribution in [1.29, 1.82) is 0 Å². The molecule has 0 aliphatic carbocycles. The molecule has 3 rings (SSSR count). The smallest absolute Gasteiger partial charge is 0.232 e. The van der Waals surface area contributed by atoms with Gasteiger partial charge in [-0.3, -0.25) is 4.90 Å². The van der Waals surface area contributed by atoms with Crippen LogP contribution in [0.1, 0.15) is 18.4 Å². The maximum absolute atomic E-state index is 11.1. The first-order chi connectivity index (χ1) is 12.2. The molecule has 1 atom stereocenters. The number of ether oxygens (including phenoxy) is 1. The van der Waals surface area contributed by atoms with E-state index in [9.17, 15) is 4.55 Å². The third-order valence-electron chi connectivity index (χ3n) is 3.80. The van der Waals surface area contributed by atoms with Crippen LogP contribution in [-0.2, 0) is 11.3 Å². The van der Waals surface area contributed by atoms with E-state index in [0.717, 1.165) is 51.3 Å². The number of nitrogens with zero attached hydrogens (tertiary/aromatic N) is 5. The van der Waals surface area contributed by atoms with Crippen LogP contribution in [0.2, 0.25) is 0 Å². The van der Waals surface area contributed by atoms with Gasteiger partial charge in [-0.2, -0.15) is 0 Å². The predicted octanol–water partition coefficient (Wildman–Crippen LogP) is 0.136. The second-order valence-corrected chi connectivity index (χ2v) is 6.58. The number of anilines is 2. The number of nitrogen functional groups attached to an aromatic ring is 1. The van der Waals surface area contributed by atoms with Crippen LogP contribution in [0.25, 0.3) is 0 Å². The Hall–Kier alpha value is -1.95. The van der Waals surface area contributed by atoms with Crippen LogP contribution >= 0.6 is 11.1 Å². The van der Waals surface area contributed by atoms with Gasteiger partial charge in [-0.25, -0.2) is 0 Å². The Balaban J connectivity index is 1.29. The Kier molecular flexibility index (Phi) is 6.39. The Bertz CT molecular complexity index is 657. The monoisotopic (exact) mass is 369 g/mol. The number of nitrogens with two attached hydrogens (primary N) is 1. The maximum atomic E-state index is 11.1. The van der Waals surface area contributed by atoms with Gasteiger partial charge in [0.25, 0.3) is 0 Å². The summed E-state index contributed by atoms with van der Waals surface area (Å²) >= 11 is -1.58. The van der Waals surface area contributed by atoms with Gasteiger partial charge in [0.2, 0.25) is 11.6 Å². The summed E-state index contributed by atoms with van der Waals surface area (Å²) in [6.45, 7) is 5.57. The molecular formula is C14H23N7O3S. The van der Waals surface area contributed by atoms with E-state index in [1.165, 1.54) is 4.85 Å². The van der Waals surface area contributed by atoms with E-state index in [2.05, 4.69) is 24.1 Å². The molecule has 0 bridgehead atoms. The fraction of sp³-hybridized carbons (Fsp3) is 0.643. The molecule has 1 fully saturated rings. The average Bonchev–Trinajstić information content (AvgIpc) is 3.17. The van der Waals surface area contributed by atoms with Gasteiger partial charge in [0.1, 0.15) is 6.61 Å². The first-order valence-electron chi connectivity index (χ1n) is 8.27. The molecule has 0 radical (unpaired) electrons. The first kappa shape index (κ1) is 17.9. The lowest BCUT2D eigenvalue weighted by Crippen LogP contribution is -2.35. The van der Waals surface area contributed by atoms with Gasteiger partial charge < -0.3 is 25.2 Å². The molecular weight excluding hydrogens is 346 g/mol. The minimum atomic E-state index is -1.58. The molecule has 0 saturated carbocycles. The number of nitrogens with one attached hydrogen (secondary N) is 1. The molecule has 1 saturated heterocycles. The highest BCUT2D eigenvalue weighted by molar-refractivity contribution is 7.14. The van der Waals surface area contributed by atoms with Crippen molar-refractivity contribution in [2.24, 2.45) is 0 Å². The van der Waals surface area contributed by atoms with Crippen LogP contribution in [0.3, 0.4) is 0 Å². The summed E-state index contributed by atoms with van der Waals surface area (Å²) in [5.41, 5.74) is 6.70. The van der Waals surface area contributed by atoms with Crippen molar-refractivity contribution < 1.29 is 14.1 Å². The quantitative estimate of drug-likeness (QED) is 0.468. The summed E-state index contributed by atoms with van der Waals surface area (Å²) < 4.78 is 23.8. The van der Waals surface area contributed by atoms with Crippen LogP contribution in [0.15, 0.2) is 12.4 Å². The van der Waals surface area contributed by atoms with E-state index in [1.807, 2.05) is 12.4 Å². The standard InChI is InChI=1S/C14H23N7O3S/c15-13-14(19-25(22)18-13)16-3-1-2-6-24-21-11-12(9-17-21)10-20-4-7-23-8-5-20/h9,11H,1-8,10H2,(H2,15,18)(H,16,19). The van der Waals surface area contributed by atoms with Crippen molar-refractivity contribution in [1.82, 2.24) is 23.6 Å². The third-order valence-corrected chi connectivity index (χ3v) is 4.49. The largest absolute Gasteiger partial charge is 0.546 e. The molecule has 0 aromatic carbocycles. The lowest BCUT2D eigenvalue weighted by molar-refractivity contribution is 0.0339. The van der Waals surface area contributed by atoms with Gasteiger partial charge in [-0.15, -0.1) is 9.94 Å². The molecule has 25 heavy (non-hydrogen) atoms. The summed E-state index contributed by atoms with van der Waals surface area (Å²) in [7, 11) is 0. The Morgan fingerprint density at radius 3 is 2.92 bits per heavy atom. The summed E-state index contributed by atoms with van der Waals surface area (Å²) in [6, 6.07) is 0. The van der Waals surface area contributed by atoms with Gasteiger partial charge in [0, 0.05) is 40.5 Å². The highest BCUT2D eigenvalue weighted by Crippen LogP contribution is 2.18. The molecule has 3 heterocycles. The molecule has 0 spiro atoms. The second kappa shape index (κ2) is 8.94. The van der Waals surface area contributed by atoms with Crippen LogP contribution < -0.4 is 15.9 Å². The maximum Gasteiger partial charge on any atom is 0.232 e. The average molecular weight is 369 g/mol. The number of morpholine rings is 1. The van der Waals surface area contributed by atoms with E-state index in [4.69, 9.17) is 15.3 Å². The van der Waals surface area contributed by atoms with E-state index >= 15 is 0 Å². The zero-order valence-corrected chi connectivity index (χ0v) is 14.8. The Morgan fingerprint density at radius 2 is 2.16 bits per heavy atom. The van der Waals surface area contributed by atoms with Gasteiger partial charge >= 0.3 is 0 Å². The minimum Gasteiger partial charge on any atom is -0.546 e. The predicted molar refractivity (Wildman–Crippen MR) is 92.6 cm³/mol. The molecule has 0 amide bonds. The Labute approximate surface area is 149 Å². The van der Waals surface area contributed by atoms with Crippen LogP contribution in [-0.4, -0.2) is 67.6 Å². The van der Waals surface area contributed by atoms with Crippen molar-refractivity contribution in [3.63, 3.8) is 0 Å². The number of unbranched alkanes of at least 4 members (excludes halogenated alkanes) is 1. The lowest BCUT2D eigenvalue weighted by atomic mass is 10.3. The molecule has 3 N–H and O–H groups in total. The Morgan fingerprint density at radius 1 is 1.32 bits per heavy atom. The summed E-state index contributed by atoms with van der Waals surface area (Å²) in [4.78, 5) is 9.44. The van der Waals surface area contributed by atoms with Crippen molar-refractivity contribution >= 4 is 22.8 Å². The SMILES string of the molecule is Nc1n[s+]([O-])nc1NCCCCOn1cc(CN2CCOCC2)cn1. The second-order valence-electron chi connectivity index (χ2n) is 5.75. The van der Waals surface area contributed by atoms with Gasteiger partial charge in [-0.05, 0) is 12.8 Å². The third kappa shape index (κ3) is 5.53. The van der Waals surface area contributed by atoms with Gasteiger partial charge in [0.15, 0.2) is 11.1 Å². The van der Waals surface area contributed by atoms with E-state index in [-0.39, 0.29) is 5.82 Å². The van der Waals surface area contributed by atoms with Crippen molar-refractivity contribution in [3.05, 3.63) is 18.0 Å². The van der Waals surface area contributed by atoms with Crippen molar-refractivity contribution in [3.8, 4) is 0 Å². The zero-order valence-electron chi connectivity index (χ0n) is 14.0. The molecule has 10 nitrogen and oxygen atoms in total. The fourth-order valence-electron chi connectivity index (χ4n) is 2.50. The van der Waals surface area contributed by atoms with Crippen LogP contribution in [0.4, 0.5) is 11.6 Å². The summed E-state index contributed by atoms with van der Waals surface area (Å²) in [6.07, 6.45) is 5.45. The molecule has 138 valence electrons. The summed E-state index contributed by atoms with van der Waals surface area (Å²) in [5.74, 6) is 0.595. The molecule has 1 aliphatic heterocycles. The van der Waals surface area contributed by atoms with E-state index < -0.39 is 11.1 Å². The van der Waals surface area contributed by atoms with E-state index in [0.29, 0.717) is 19.0 Å². The van der Waals surface area contributed by atoms with Gasteiger partial charge in [-0.1, -0.05) is 0 Å². The number of aromatic nitrogens is 4. The molecule has 2 aromatic heterocycles. The van der Waals surface area contributed by atoms with Crippen LogP contribution in [0, 0.1) is 0 Å². The normalized spacial score (nSPS) is 16.1. The lowest BCUT2D eigenvalue weighted by Gasteiger charge is -2.25. The number of hydrogen-bond acceptors (Lipinski definition) is 9. The summed E-state index contributed by atoms with van der Waals surface area (Å²) in [5, 5.41) is 7.23. The highest BCUT2D eigenvalue weighted by Gasteiger charge is 2.12. The van der Waals surface area contributed by atoms with Crippen LogP contribution in [0.5, 0.6) is 0 Å². The fourth-order valence-corrected chi connectivity index (χ4v) is 3.11. The topological polar surface area (TPSA) is 126 Å². The minimum absolute atomic E-state index is 0.193. The molecule has 2 aromatic rings. The number of rotatable bonds is 9. The number of hydrogen-bond donors (Lipinski definition) is 2. The molecule has 1 unspecified atom stereocenters. The highest BCUT2D eigenvalue weighted by atomic mass is 32.2. The van der Waals surface area contributed by atoms with Crippen molar-refractivity contribution in [2.75, 3.05) is 50.5 Å².